The van der Waals surface area contributed by atoms with Crippen molar-refractivity contribution in [3.05, 3.63) is 23.8 Å². The Morgan fingerprint density at radius 2 is 2.15 bits per heavy atom. The van der Waals surface area contributed by atoms with E-state index in [1.807, 2.05) is 18.2 Å². The first-order chi connectivity index (χ1) is 6.07. The molecule has 0 unspecified atom stereocenters. The Bertz CT molecular complexity index is 331. The van der Waals surface area contributed by atoms with Gasteiger partial charge >= 0.3 is 0 Å². The summed E-state index contributed by atoms with van der Waals surface area (Å²) in [6.07, 6.45) is 1.05. The minimum Gasteiger partial charge on any atom is -0.493 e. The molecule has 1 aromatic carbocycles. The lowest BCUT2D eigenvalue weighted by Crippen LogP contribution is -2.28. The van der Waals surface area contributed by atoms with E-state index in [1.165, 1.54) is 5.56 Å². The average molecular weight is 177 g/mol. The molecule has 1 aromatic rings. The minimum atomic E-state index is 0.237. The van der Waals surface area contributed by atoms with Crippen LogP contribution < -0.4 is 10.5 Å². The molecular formula is C11H15NO. The molecule has 13 heavy (non-hydrogen) atoms. The van der Waals surface area contributed by atoms with E-state index in [0.717, 1.165) is 24.5 Å². The molecule has 0 amide bonds. The van der Waals surface area contributed by atoms with Gasteiger partial charge in [0.15, 0.2) is 0 Å². The van der Waals surface area contributed by atoms with Crippen LogP contribution >= 0.6 is 0 Å². The predicted octanol–water partition coefficient (Wildman–Crippen LogP) is 2.23. The summed E-state index contributed by atoms with van der Waals surface area (Å²) in [6.45, 7) is 5.21. The third-order valence-corrected chi connectivity index (χ3v) is 2.37. The normalized spacial score (nSPS) is 18.9. The molecule has 0 spiro atoms. The topological polar surface area (TPSA) is 35.2 Å². The van der Waals surface area contributed by atoms with Crippen LogP contribution in [0.25, 0.3) is 0 Å². The fraction of sp³-hybridized carbons (Fsp3) is 0.455. The average Bonchev–Trinajstić information content (AvgIpc) is 2.01. The van der Waals surface area contributed by atoms with Crippen LogP contribution in [-0.2, 0) is 6.42 Å². The molecule has 1 aliphatic rings. The first kappa shape index (κ1) is 8.42. The molecule has 2 N–H and O–H groups in total. The summed E-state index contributed by atoms with van der Waals surface area (Å²) in [7, 11) is 0. The molecule has 0 saturated carbocycles. The first-order valence-electron chi connectivity index (χ1n) is 4.58. The smallest absolute Gasteiger partial charge is 0.122 e. The van der Waals surface area contributed by atoms with Gasteiger partial charge in [0, 0.05) is 11.1 Å². The Hall–Kier alpha value is -1.18. The molecule has 1 aliphatic heterocycles. The van der Waals surface area contributed by atoms with Gasteiger partial charge in [-0.05, 0) is 30.2 Å². The molecule has 0 radical (unpaired) electrons. The Morgan fingerprint density at radius 3 is 2.92 bits per heavy atom. The van der Waals surface area contributed by atoms with Gasteiger partial charge in [-0.15, -0.1) is 0 Å². The van der Waals surface area contributed by atoms with Gasteiger partial charge < -0.3 is 10.5 Å². The summed E-state index contributed by atoms with van der Waals surface area (Å²) in [4.78, 5) is 0. The molecule has 0 fully saturated rings. The third kappa shape index (κ3) is 1.62. The molecule has 0 aliphatic carbocycles. The summed E-state index contributed by atoms with van der Waals surface area (Å²) in [6, 6.07) is 5.85. The second kappa shape index (κ2) is 2.66. The van der Waals surface area contributed by atoms with Gasteiger partial charge in [0.2, 0.25) is 0 Å². The van der Waals surface area contributed by atoms with Crippen molar-refractivity contribution in [2.75, 3.05) is 12.3 Å². The molecule has 2 nitrogen and oxygen atoms in total. The zero-order valence-electron chi connectivity index (χ0n) is 8.13. The van der Waals surface area contributed by atoms with Gasteiger partial charge in [0.05, 0.1) is 6.61 Å². The zero-order chi connectivity index (χ0) is 9.47. The summed E-state index contributed by atoms with van der Waals surface area (Å²) < 4.78 is 5.64. The summed E-state index contributed by atoms with van der Waals surface area (Å²) in [5, 5.41) is 0. The first-order valence-corrected chi connectivity index (χ1v) is 4.58. The second-order valence-electron chi connectivity index (χ2n) is 4.50. The van der Waals surface area contributed by atoms with Crippen LogP contribution in [0.1, 0.15) is 19.4 Å². The van der Waals surface area contributed by atoms with Crippen LogP contribution in [0.2, 0.25) is 0 Å². The Labute approximate surface area is 78.7 Å². The standard InChI is InChI=1S/C11H15NO/c1-11(2)6-8-5-9(12)3-4-10(8)13-7-11/h3-5H,6-7,12H2,1-2H3. The van der Waals surface area contributed by atoms with Gasteiger partial charge in [-0.2, -0.15) is 0 Å². The summed E-state index contributed by atoms with van der Waals surface area (Å²) in [5.41, 5.74) is 8.00. The maximum absolute atomic E-state index is 5.71. The highest BCUT2D eigenvalue weighted by Crippen LogP contribution is 2.34. The number of hydrogen-bond acceptors (Lipinski definition) is 2. The largest absolute Gasteiger partial charge is 0.493 e. The van der Waals surface area contributed by atoms with Crippen molar-refractivity contribution in [2.45, 2.75) is 20.3 Å². The molecule has 70 valence electrons. The van der Waals surface area contributed by atoms with Crippen molar-refractivity contribution in [3.8, 4) is 5.75 Å². The van der Waals surface area contributed by atoms with Gasteiger partial charge in [-0.1, -0.05) is 13.8 Å². The van der Waals surface area contributed by atoms with E-state index in [-0.39, 0.29) is 5.41 Å². The number of fused-ring (bicyclic) bond motifs is 1. The van der Waals surface area contributed by atoms with Crippen LogP contribution in [0.15, 0.2) is 18.2 Å². The van der Waals surface area contributed by atoms with Gasteiger partial charge in [0.25, 0.3) is 0 Å². The lowest BCUT2D eigenvalue weighted by Gasteiger charge is -2.31. The van der Waals surface area contributed by atoms with Crippen LogP contribution in [0, 0.1) is 5.41 Å². The van der Waals surface area contributed by atoms with Crippen LogP contribution in [0.3, 0.4) is 0 Å². The van der Waals surface area contributed by atoms with Crippen molar-refractivity contribution in [1.29, 1.82) is 0 Å². The third-order valence-electron chi connectivity index (χ3n) is 2.37. The lowest BCUT2D eigenvalue weighted by molar-refractivity contribution is 0.155. The molecule has 0 saturated heterocycles. The number of rotatable bonds is 0. The van der Waals surface area contributed by atoms with Crippen molar-refractivity contribution in [3.63, 3.8) is 0 Å². The van der Waals surface area contributed by atoms with Gasteiger partial charge in [-0.3, -0.25) is 0 Å². The molecule has 2 rings (SSSR count). The summed E-state index contributed by atoms with van der Waals surface area (Å²) >= 11 is 0. The van der Waals surface area contributed by atoms with Crippen molar-refractivity contribution in [2.24, 2.45) is 5.41 Å². The molecular weight excluding hydrogens is 162 g/mol. The number of nitrogen functional groups attached to an aromatic ring is 1. The fourth-order valence-corrected chi connectivity index (χ4v) is 1.72. The Morgan fingerprint density at radius 1 is 1.38 bits per heavy atom. The number of nitrogens with two attached hydrogens (primary N) is 1. The van der Waals surface area contributed by atoms with E-state index in [0.29, 0.717) is 0 Å². The quantitative estimate of drug-likeness (QED) is 0.617. The number of ether oxygens (including phenoxy) is 1. The number of anilines is 1. The highest BCUT2D eigenvalue weighted by Gasteiger charge is 2.26. The maximum atomic E-state index is 5.71. The van der Waals surface area contributed by atoms with E-state index < -0.39 is 0 Å². The zero-order valence-corrected chi connectivity index (χ0v) is 8.13. The predicted molar refractivity (Wildman–Crippen MR) is 53.8 cm³/mol. The minimum absolute atomic E-state index is 0.237. The summed E-state index contributed by atoms with van der Waals surface area (Å²) in [5.74, 6) is 0.994. The van der Waals surface area contributed by atoms with E-state index in [4.69, 9.17) is 10.5 Å². The van der Waals surface area contributed by atoms with Crippen molar-refractivity contribution >= 4 is 5.69 Å². The molecule has 0 bridgehead atoms. The van der Waals surface area contributed by atoms with Gasteiger partial charge in [0.1, 0.15) is 5.75 Å². The Kier molecular flexibility index (Phi) is 1.72. The molecule has 0 aromatic heterocycles. The van der Waals surface area contributed by atoms with Crippen LogP contribution in [0.5, 0.6) is 5.75 Å². The van der Waals surface area contributed by atoms with Crippen molar-refractivity contribution in [1.82, 2.24) is 0 Å². The number of benzene rings is 1. The van der Waals surface area contributed by atoms with E-state index in [9.17, 15) is 0 Å². The number of hydrogen-bond donors (Lipinski definition) is 1. The van der Waals surface area contributed by atoms with Crippen LogP contribution in [-0.4, -0.2) is 6.61 Å². The van der Waals surface area contributed by atoms with E-state index in [2.05, 4.69) is 13.8 Å². The fourth-order valence-electron chi connectivity index (χ4n) is 1.72. The van der Waals surface area contributed by atoms with Crippen molar-refractivity contribution < 1.29 is 4.74 Å². The Balaban J connectivity index is 2.38. The SMILES string of the molecule is CC1(C)COc2ccc(N)cc2C1. The van der Waals surface area contributed by atoms with Gasteiger partial charge in [-0.25, -0.2) is 0 Å². The van der Waals surface area contributed by atoms with E-state index >= 15 is 0 Å². The highest BCUT2D eigenvalue weighted by molar-refractivity contribution is 5.48. The monoisotopic (exact) mass is 177 g/mol. The van der Waals surface area contributed by atoms with E-state index in [1.54, 1.807) is 0 Å². The molecule has 0 atom stereocenters. The highest BCUT2D eigenvalue weighted by atomic mass is 16.5. The van der Waals surface area contributed by atoms with Crippen LogP contribution in [0.4, 0.5) is 5.69 Å². The molecule has 2 heteroatoms. The lowest BCUT2D eigenvalue weighted by atomic mass is 9.84. The maximum Gasteiger partial charge on any atom is 0.122 e. The molecule has 1 heterocycles. The second-order valence-corrected chi connectivity index (χ2v) is 4.50.